The summed E-state index contributed by atoms with van der Waals surface area (Å²) < 4.78 is 1.87. The highest BCUT2D eigenvalue weighted by atomic mass is 16.3. The van der Waals surface area contributed by atoms with E-state index in [0.29, 0.717) is 13.1 Å². The Bertz CT molecular complexity index is 600. The molecule has 2 aliphatic rings. The van der Waals surface area contributed by atoms with E-state index in [2.05, 4.69) is 25.0 Å². The quantitative estimate of drug-likeness (QED) is 0.815. The molecule has 0 unspecified atom stereocenters. The summed E-state index contributed by atoms with van der Waals surface area (Å²) in [5, 5.41) is 14.3. The number of allylic oxidation sites excluding steroid dienone is 2. The van der Waals surface area contributed by atoms with E-state index in [1.54, 1.807) is 6.20 Å². The fourth-order valence-electron chi connectivity index (χ4n) is 3.79. The zero-order valence-corrected chi connectivity index (χ0v) is 14.9. The van der Waals surface area contributed by atoms with Gasteiger partial charge in [-0.1, -0.05) is 11.6 Å². The largest absolute Gasteiger partial charge is 0.396 e. The average molecular weight is 331 g/mol. The fraction of sp³-hybridized carbons (Fsp3) is 0.684. The van der Waals surface area contributed by atoms with Gasteiger partial charge in [-0.3, -0.25) is 9.48 Å². The number of carbonyl (C=O) groups is 1. The lowest BCUT2D eigenvalue weighted by Gasteiger charge is -2.42. The van der Waals surface area contributed by atoms with Crippen LogP contribution in [0.5, 0.6) is 0 Å². The summed E-state index contributed by atoms with van der Waals surface area (Å²) >= 11 is 0. The molecule has 1 atom stereocenters. The third-order valence-corrected chi connectivity index (χ3v) is 5.56. The van der Waals surface area contributed by atoms with Crippen molar-refractivity contribution in [1.29, 1.82) is 0 Å². The summed E-state index contributed by atoms with van der Waals surface area (Å²) in [4.78, 5) is 15.1. The smallest absolute Gasteiger partial charge is 0.230 e. The van der Waals surface area contributed by atoms with Crippen LogP contribution < -0.4 is 0 Å². The number of aliphatic hydroxyl groups is 1. The molecule has 0 radical (unpaired) electrons. The lowest BCUT2D eigenvalue weighted by molar-refractivity contribution is -0.142. The standard InChI is InChI=1S/C19H29N3O2/c1-16(2)5-7-18(15-23)6-3-11-21(13-18)17(24)19(8-9-19)14-22-12-4-10-20-22/h4-5,10,12,23H,3,6-9,11,13-15H2,1-2H3/t18-/m1/s1. The van der Waals surface area contributed by atoms with Crippen LogP contribution in [0.2, 0.25) is 0 Å². The normalized spacial score (nSPS) is 25.4. The first-order chi connectivity index (χ1) is 11.5. The molecule has 1 N–H and O–H groups in total. The van der Waals surface area contributed by atoms with Gasteiger partial charge in [0, 0.05) is 30.9 Å². The molecule has 1 aliphatic heterocycles. The Morgan fingerprint density at radius 2 is 2.12 bits per heavy atom. The van der Waals surface area contributed by atoms with Gasteiger partial charge in [-0.2, -0.15) is 5.10 Å². The molecule has 5 nitrogen and oxygen atoms in total. The first-order valence-electron chi connectivity index (χ1n) is 9.00. The van der Waals surface area contributed by atoms with Crippen molar-refractivity contribution in [2.75, 3.05) is 19.7 Å². The zero-order valence-electron chi connectivity index (χ0n) is 14.9. The van der Waals surface area contributed by atoms with Crippen molar-refractivity contribution in [2.45, 2.75) is 52.5 Å². The van der Waals surface area contributed by atoms with Crippen LogP contribution in [-0.4, -0.2) is 45.4 Å². The lowest BCUT2D eigenvalue weighted by atomic mass is 9.77. The van der Waals surface area contributed by atoms with Crippen LogP contribution in [0.15, 0.2) is 30.1 Å². The third kappa shape index (κ3) is 3.56. The topological polar surface area (TPSA) is 58.4 Å². The van der Waals surface area contributed by atoms with Crippen molar-refractivity contribution in [1.82, 2.24) is 14.7 Å². The summed E-state index contributed by atoms with van der Waals surface area (Å²) in [5.74, 6) is 0.257. The highest BCUT2D eigenvalue weighted by Crippen LogP contribution is 2.49. The molecule has 1 aromatic rings. The summed E-state index contributed by atoms with van der Waals surface area (Å²) in [6.45, 7) is 6.48. The number of aromatic nitrogens is 2. The molecule has 5 heteroatoms. The van der Waals surface area contributed by atoms with E-state index in [0.717, 1.165) is 38.6 Å². The summed E-state index contributed by atoms with van der Waals surface area (Å²) in [5.41, 5.74) is 0.831. The second-order valence-electron chi connectivity index (χ2n) is 7.96. The number of amides is 1. The van der Waals surface area contributed by atoms with E-state index in [1.165, 1.54) is 5.57 Å². The number of hydrogen-bond acceptors (Lipinski definition) is 3. The number of nitrogens with zero attached hydrogens (tertiary/aromatic N) is 3. The van der Waals surface area contributed by atoms with Gasteiger partial charge in [-0.05, 0) is 52.0 Å². The Labute approximate surface area is 144 Å². The minimum atomic E-state index is -0.263. The van der Waals surface area contributed by atoms with Crippen LogP contribution in [0.25, 0.3) is 0 Å². The Kier molecular flexibility index (Phi) is 4.81. The SMILES string of the molecule is CC(C)=CC[C@]1(CO)CCCN(C(=O)C2(Cn3cccn3)CC2)C1. The molecule has 0 bridgehead atoms. The highest BCUT2D eigenvalue weighted by Gasteiger charge is 2.53. The van der Waals surface area contributed by atoms with Crippen molar-refractivity contribution in [3.8, 4) is 0 Å². The Morgan fingerprint density at radius 3 is 2.71 bits per heavy atom. The molecule has 24 heavy (non-hydrogen) atoms. The molecule has 1 aromatic heterocycles. The van der Waals surface area contributed by atoms with Crippen LogP contribution >= 0.6 is 0 Å². The number of carbonyl (C=O) groups excluding carboxylic acids is 1. The minimum Gasteiger partial charge on any atom is -0.396 e. The zero-order chi connectivity index (χ0) is 17.2. The highest BCUT2D eigenvalue weighted by molar-refractivity contribution is 5.85. The molecule has 1 saturated carbocycles. The van der Waals surface area contributed by atoms with Gasteiger partial charge < -0.3 is 10.0 Å². The predicted molar refractivity (Wildman–Crippen MR) is 93.3 cm³/mol. The number of rotatable bonds is 6. The first kappa shape index (κ1) is 17.2. The maximum absolute atomic E-state index is 13.1. The summed E-state index contributed by atoms with van der Waals surface area (Å²) in [7, 11) is 0. The molecular weight excluding hydrogens is 302 g/mol. The number of aliphatic hydroxyl groups excluding tert-OH is 1. The Morgan fingerprint density at radius 1 is 1.33 bits per heavy atom. The van der Waals surface area contributed by atoms with Gasteiger partial charge in [-0.15, -0.1) is 0 Å². The van der Waals surface area contributed by atoms with E-state index >= 15 is 0 Å². The van der Waals surface area contributed by atoms with Gasteiger partial charge in [0.15, 0.2) is 0 Å². The minimum absolute atomic E-state index is 0.146. The van der Waals surface area contributed by atoms with E-state index in [-0.39, 0.29) is 23.3 Å². The van der Waals surface area contributed by atoms with Gasteiger partial charge in [0.05, 0.1) is 18.6 Å². The van der Waals surface area contributed by atoms with Gasteiger partial charge in [0.2, 0.25) is 5.91 Å². The van der Waals surface area contributed by atoms with E-state index in [1.807, 2.05) is 21.8 Å². The molecule has 3 rings (SSSR count). The van der Waals surface area contributed by atoms with Crippen molar-refractivity contribution in [3.05, 3.63) is 30.1 Å². The number of likely N-dealkylation sites (tertiary alicyclic amines) is 1. The van der Waals surface area contributed by atoms with Gasteiger partial charge >= 0.3 is 0 Å². The monoisotopic (exact) mass is 331 g/mol. The van der Waals surface area contributed by atoms with Crippen molar-refractivity contribution >= 4 is 5.91 Å². The molecule has 1 aliphatic carbocycles. The van der Waals surface area contributed by atoms with Crippen molar-refractivity contribution in [3.63, 3.8) is 0 Å². The van der Waals surface area contributed by atoms with Gasteiger partial charge in [0.1, 0.15) is 0 Å². The molecule has 2 fully saturated rings. The number of hydrogen-bond donors (Lipinski definition) is 1. The fourth-order valence-corrected chi connectivity index (χ4v) is 3.79. The van der Waals surface area contributed by atoms with Crippen LogP contribution in [0.3, 0.4) is 0 Å². The second-order valence-corrected chi connectivity index (χ2v) is 7.96. The Balaban J connectivity index is 1.69. The average Bonchev–Trinajstić information content (AvgIpc) is 3.18. The second kappa shape index (κ2) is 6.71. The summed E-state index contributed by atoms with van der Waals surface area (Å²) in [6.07, 6.45) is 10.6. The van der Waals surface area contributed by atoms with Crippen LogP contribution in [0, 0.1) is 10.8 Å². The predicted octanol–water partition coefficient (Wildman–Crippen LogP) is 2.62. The summed E-state index contributed by atoms with van der Waals surface area (Å²) in [6, 6.07) is 1.90. The van der Waals surface area contributed by atoms with Crippen LogP contribution in [-0.2, 0) is 11.3 Å². The van der Waals surface area contributed by atoms with E-state index < -0.39 is 0 Å². The number of piperidine rings is 1. The lowest BCUT2D eigenvalue weighted by Crippen LogP contribution is -2.50. The molecule has 0 aromatic carbocycles. The van der Waals surface area contributed by atoms with Crippen LogP contribution in [0.1, 0.15) is 46.0 Å². The van der Waals surface area contributed by atoms with Crippen molar-refractivity contribution in [2.24, 2.45) is 10.8 Å². The maximum Gasteiger partial charge on any atom is 0.230 e. The molecule has 1 saturated heterocycles. The van der Waals surface area contributed by atoms with Crippen LogP contribution in [0.4, 0.5) is 0 Å². The molecule has 2 heterocycles. The van der Waals surface area contributed by atoms with E-state index in [4.69, 9.17) is 0 Å². The molecular formula is C19H29N3O2. The van der Waals surface area contributed by atoms with Gasteiger partial charge in [-0.25, -0.2) is 0 Å². The van der Waals surface area contributed by atoms with Gasteiger partial charge in [0.25, 0.3) is 0 Å². The third-order valence-electron chi connectivity index (χ3n) is 5.56. The maximum atomic E-state index is 13.1. The molecule has 132 valence electrons. The molecule has 1 amide bonds. The molecule has 0 spiro atoms. The van der Waals surface area contributed by atoms with Crippen molar-refractivity contribution < 1.29 is 9.90 Å². The Hall–Kier alpha value is -1.62. The van der Waals surface area contributed by atoms with E-state index in [9.17, 15) is 9.90 Å². The first-order valence-corrected chi connectivity index (χ1v) is 9.00.